The number of ether oxygens (including phenoxy) is 1. The minimum Gasteiger partial charge on any atom is -0.469 e. The number of rotatable bonds is 3. The van der Waals surface area contributed by atoms with Crippen LogP contribution in [0.4, 0.5) is 4.79 Å². The van der Waals surface area contributed by atoms with Gasteiger partial charge in [0.25, 0.3) is 0 Å². The van der Waals surface area contributed by atoms with Crippen molar-refractivity contribution in [1.29, 1.82) is 0 Å². The molecule has 0 spiro atoms. The van der Waals surface area contributed by atoms with Crippen molar-refractivity contribution in [1.82, 2.24) is 5.32 Å². The maximum absolute atomic E-state index is 10.9. The molecule has 14 heavy (non-hydrogen) atoms. The first-order valence-electron chi connectivity index (χ1n) is 4.65. The highest BCUT2D eigenvalue weighted by molar-refractivity contribution is 5.70. The third-order valence-electron chi connectivity index (χ3n) is 2.43. The van der Waals surface area contributed by atoms with Crippen molar-refractivity contribution >= 4 is 6.09 Å². The zero-order chi connectivity index (χ0) is 10.0. The molecule has 1 amide bonds. The van der Waals surface area contributed by atoms with Gasteiger partial charge in [0.15, 0.2) is 0 Å². The summed E-state index contributed by atoms with van der Waals surface area (Å²) in [5.74, 6) is 0.937. The van der Waals surface area contributed by atoms with Crippen molar-refractivity contribution in [3.63, 3.8) is 0 Å². The summed E-state index contributed by atoms with van der Waals surface area (Å²) in [6, 6.07) is 3.79. The lowest BCUT2D eigenvalue weighted by Gasteiger charge is -2.19. The van der Waals surface area contributed by atoms with E-state index in [1.165, 1.54) is 0 Å². The Hall–Kier alpha value is -1.45. The van der Waals surface area contributed by atoms with E-state index in [-0.39, 0.29) is 11.6 Å². The second-order valence-electron chi connectivity index (χ2n) is 3.84. The normalized spacial score (nSPS) is 25.9. The molecule has 0 radical (unpaired) electrons. The van der Waals surface area contributed by atoms with E-state index in [9.17, 15) is 4.79 Å². The fourth-order valence-electron chi connectivity index (χ4n) is 1.53. The Kier molecular flexibility index (Phi) is 2.19. The van der Waals surface area contributed by atoms with Gasteiger partial charge in [0.1, 0.15) is 12.4 Å². The highest BCUT2D eigenvalue weighted by Gasteiger charge is 2.34. The monoisotopic (exact) mass is 195 g/mol. The standard InChI is InChI=1S/C10H13NO3/c1-10(7-14-9(12)11-10)5-4-8-3-2-6-13-8/h2-3,6H,4-5,7H2,1H3,(H,11,12). The summed E-state index contributed by atoms with van der Waals surface area (Å²) in [6.45, 7) is 2.41. The molecule has 4 nitrogen and oxygen atoms in total. The first kappa shape index (κ1) is 9.12. The topological polar surface area (TPSA) is 51.5 Å². The molecular formula is C10H13NO3. The fraction of sp³-hybridized carbons (Fsp3) is 0.500. The van der Waals surface area contributed by atoms with E-state index in [2.05, 4.69) is 5.32 Å². The molecule has 1 N–H and O–H groups in total. The van der Waals surface area contributed by atoms with Gasteiger partial charge in [-0.1, -0.05) is 0 Å². The summed E-state index contributed by atoms with van der Waals surface area (Å²) in [4.78, 5) is 10.9. The van der Waals surface area contributed by atoms with Crippen molar-refractivity contribution in [3.05, 3.63) is 24.2 Å². The van der Waals surface area contributed by atoms with Gasteiger partial charge in [-0.2, -0.15) is 0 Å². The predicted molar refractivity (Wildman–Crippen MR) is 49.9 cm³/mol. The Bertz CT molecular complexity index is 320. The molecule has 1 unspecified atom stereocenters. The number of alkyl carbamates (subject to hydrolysis) is 1. The van der Waals surface area contributed by atoms with Crippen molar-refractivity contribution in [3.8, 4) is 0 Å². The number of amides is 1. The summed E-state index contributed by atoms with van der Waals surface area (Å²) in [5, 5.41) is 2.79. The molecule has 2 heterocycles. The van der Waals surface area contributed by atoms with Gasteiger partial charge in [0, 0.05) is 6.42 Å². The van der Waals surface area contributed by atoms with E-state index in [1.807, 2.05) is 19.1 Å². The predicted octanol–water partition coefficient (Wildman–Crippen LogP) is 1.71. The average molecular weight is 195 g/mol. The number of carbonyl (C=O) groups is 1. The Labute approximate surface area is 82.2 Å². The molecule has 0 aliphatic carbocycles. The van der Waals surface area contributed by atoms with Crippen LogP contribution in [0.3, 0.4) is 0 Å². The molecule has 2 rings (SSSR count). The molecule has 1 aromatic rings. The van der Waals surface area contributed by atoms with Crippen LogP contribution in [0.25, 0.3) is 0 Å². The van der Waals surface area contributed by atoms with Crippen LogP contribution in [-0.2, 0) is 11.2 Å². The van der Waals surface area contributed by atoms with Crippen molar-refractivity contribution < 1.29 is 13.9 Å². The Morgan fingerprint density at radius 2 is 2.50 bits per heavy atom. The second-order valence-corrected chi connectivity index (χ2v) is 3.84. The first-order valence-corrected chi connectivity index (χ1v) is 4.65. The Morgan fingerprint density at radius 1 is 1.64 bits per heavy atom. The lowest BCUT2D eigenvalue weighted by Crippen LogP contribution is -2.40. The Morgan fingerprint density at radius 3 is 3.07 bits per heavy atom. The number of carbonyl (C=O) groups excluding carboxylic acids is 1. The number of furan rings is 1. The highest BCUT2D eigenvalue weighted by atomic mass is 16.6. The number of nitrogens with one attached hydrogen (secondary N) is 1. The van der Waals surface area contributed by atoms with E-state index >= 15 is 0 Å². The smallest absolute Gasteiger partial charge is 0.407 e. The largest absolute Gasteiger partial charge is 0.469 e. The van der Waals surface area contributed by atoms with E-state index in [4.69, 9.17) is 9.15 Å². The van der Waals surface area contributed by atoms with E-state index in [0.717, 1.165) is 18.6 Å². The second kappa shape index (κ2) is 3.36. The van der Waals surface area contributed by atoms with Crippen LogP contribution in [0, 0.1) is 0 Å². The molecule has 1 aliphatic rings. The van der Waals surface area contributed by atoms with Gasteiger partial charge in [0.2, 0.25) is 0 Å². The maximum Gasteiger partial charge on any atom is 0.407 e. The summed E-state index contributed by atoms with van der Waals surface area (Å²) in [6.07, 6.45) is 2.97. The molecule has 1 atom stereocenters. The van der Waals surface area contributed by atoms with Crippen molar-refractivity contribution in [2.24, 2.45) is 0 Å². The van der Waals surface area contributed by atoms with Crippen LogP contribution >= 0.6 is 0 Å². The molecule has 1 aromatic heterocycles. The zero-order valence-electron chi connectivity index (χ0n) is 8.08. The van der Waals surface area contributed by atoms with Gasteiger partial charge in [-0.25, -0.2) is 4.79 Å². The van der Waals surface area contributed by atoms with Gasteiger partial charge in [-0.15, -0.1) is 0 Å². The van der Waals surface area contributed by atoms with Gasteiger partial charge in [-0.05, 0) is 25.5 Å². The fourth-order valence-corrected chi connectivity index (χ4v) is 1.53. The first-order chi connectivity index (χ1) is 6.68. The van der Waals surface area contributed by atoms with Crippen LogP contribution in [0.2, 0.25) is 0 Å². The number of hydrogen-bond acceptors (Lipinski definition) is 3. The Balaban J connectivity index is 1.89. The SMILES string of the molecule is CC1(CCc2ccco2)COC(=O)N1. The maximum atomic E-state index is 10.9. The van der Waals surface area contributed by atoms with Gasteiger partial charge in [-0.3, -0.25) is 0 Å². The van der Waals surface area contributed by atoms with Gasteiger partial charge >= 0.3 is 6.09 Å². The quantitative estimate of drug-likeness (QED) is 0.798. The number of cyclic esters (lactones) is 1. The van der Waals surface area contributed by atoms with Crippen molar-refractivity contribution in [2.75, 3.05) is 6.61 Å². The minimum atomic E-state index is -0.327. The van der Waals surface area contributed by atoms with E-state index in [1.54, 1.807) is 6.26 Å². The molecule has 0 aromatic carbocycles. The molecular weight excluding hydrogens is 182 g/mol. The molecule has 1 saturated heterocycles. The average Bonchev–Trinajstić information content (AvgIpc) is 2.73. The molecule has 4 heteroatoms. The summed E-state index contributed by atoms with van der Waals surface area (Å²) in [7, 11) is 0. The van der Waals surface area contributed by atoms with Crippen LogP contribution in [-0.4, -0.2) is 18.2 Å². The van der Waals surface area contributed by atoms with Gasteiger partial charge < -0.3 is 14.5 Å². The van der Waals surface area contributed by atoms with Crippen LogP contribution < -0.4 is 5.32 Å². The minimum absolute atomic E-state index is 0.246. The van der Waals surface area contributed by atoms with Crippen molar-refractivity contribution in [2.45, 2.75) is 25.3 Å². The number of aryl methyl sites for hydroxylation is 1. The van der Waals surface area contributed by atoms with Crippen LogP contribution in [0.15, 0.2) is 22.8 Å². The van der Waals surface area contributed by atoms with Crippen LogP contribution in [0.5, 0.6) is 0 Å². The van der Waals surface area contributed by atoms with Crippen LogP contribution in [0.1, 0.15) is 19.1 Å². The third-order valence-corrected chi connectivity index (χ3v) is 2.43. The lowest BCUT2D eigenvalue weighted by molar-refractivity contribution is 0.172. The van der Waals surface area contributed by atoms with E-state index < -0.39 is 0 Å². The molecule has 76 valence electrons. The number of hydrogen-bond donors (Lipinski definition) is 1. The molecule has 1 aliphatic heterocycles. The summed E-state index contributed by atoms with van der Waals surface area (Å²) in [5.41, 5.74) is -0.246. The summed E-state index contributed by atoms with van der Waals surface area (Å²) < 4.78 is 10.1. The lowest BCUT2D eigenvalue weighted by atomic mass is 9.97. The van der Waals surface area contributed by atoms with Gasteiger partial charge in [0.05, 0.1) is 11.8 Å². The summed E-state index contributed by atoms with van der Waals surface area (Å²) >= 11 is 0. The third kappa shape index (κ3) is 1.89. The van der Waals surface area contributed by atoms with E-state index in [0.29, 0.717) is 6.61 Å². The zero-order valence-corrected chi connectivity index (χ0v) is 8.08. The highest BCUT2D eigenvalue weighted by Crippen LogP contribution is 2.19. The molecule has 1 fully saturated rings. The molecule has 0 saturated carbocycles. The molecule has 0 bridgehead atoms.